The predicted molar refractivity (Wildman–Crippen MR) is 104 cm³/mol. The summed E-state index contributed by atoms with van der Waals surface area (Å²) in [7, 11) is 1.61. The van der Waals surface area contributed by atoms with Crippen molar-refractivity contribution in [3.8, 4) is 5.75 Å². The number of ether oxygens (including phenoxy) is 2. The second-order valence-corrected chi connectivity index (χ2v) is 7.96. The molecule has 1 N–H and O–H groups in total. The third-order valence-electron chi connectivity index (χ3n) is 5.76. The topological polar surface area (TPSA) is 50.8 Å². The van der Waals surface area contributed by atoms with Crippen molar-refractivity contribution in [3.63, 3.8) is 0 Å². The molecular formula is C21H32N2O3. The lowest BCUT2D eigenvalue weighted by atomic mass is 9.99. The molecule has 5 heteroatoms. The third-order valence-corrected chi connectivity index (χ3v) is 5.76. The van der Waals surface area contributed by atoms with Gasteiger partial charge in [0.2, 0.25) is 0 Å². The molecule has 0 radical (unpaired) electrons. The van der Waals surface area contributed by atoms with Gasteiger partial charge < -0.3 is 14.8 Å². The first-order valence-electron chi connectivity index (χ1n) is 9.83. The Bertz CT molecular complexity index is 600. The molecule has 1 aromatic rings. The quantitative estimate of drug-likeness (QED) is 0.770. The molecule has 1 saturated carbocycles. The van der Waals surface area contributed by atoms with Gasteiger partial charge in [-0.3, -0.25) is 9.69 Å². The van der Waals surface area contributed by atoms with Gasteiger partial charge in [-0.2, -0.15) is 0 Å². The number of methoxy groups -OCH3 is 1. The zero-order valence-electron chi connectivity index (χ0n) is 16.3. The Morgan fingerprint density at radius 3 is 2.62 bits per heavy atom. The van der Waals surface area contributed by atoms with Crippen molar-refractivity contribution in [2.75, 3.05) is 38.7 Å². The molecule has 26 heavy (non-hydrogen) atoms. The highest BCUT2D eigenvalue weighted by molar-refractivity contribution is 5.97. The highest BCUT2D eigenvalue weighted by Gasteiger charge is 2.47. The summed E-state index contributed by atoms with van der Waals surface area (Å²) in [5.41, 5.74) is 0.0388. The summed E-state index contributed by atoms with van der Waals surface area (Å²) >= 11 is 0. The number of likely N-dealkylation sites (tertiary alicyclic amines) is 1. The minimum atomic E-state index is -0.735. The number of piperidine rings is 1. The van der Waals surface area contributed by atoms with Crippen LogP contribution in [0.25, 0.3) is 0 Å². The number of anilines is 1. The number of nitrogens with one attached hydrogen (secondary N) is 1. The van der Waals surface area contributed by atoms with Crippen LogP contribution < -0.4 is 10.1 Å². The minimum absolute atomic E-state index is 0.0737. The van der Waals surface area contributed by atoms with E-state index in [4.69, 9.17) is 9.47 Å². The van der Waals surface area contributed by atoms with E-state index in [0.717, 1.165) is 36.7 Å². The number of amides is 1. The summed E-state index contributed by atoms with van der Waals surface area (Å²) < 4.78 is 11.4. The normalized spacial score (nSPS) is 23.3. The van der Waals surface area contributed by atoms with Crippen LogP contribution in [0.4, 0.5) is 5.69 Å². The molecule has 1 aromatic carbocycles. The van der Waals surface area contributed by atoms with Crippen LogP contribution in [0.2, 0.25) is 0 Å². The van der Waals surface area contributed by atoms with E-state index in [1.54, 1.807) is 7.11 Å². The van der Waals surface area contributed by atoms with Gasteiger partial charge in [0.25, 0.3) is 5.91 Å². The fourth-order valence-corrected chi connectivity index (χ4v) is 3.75. The van der Waals surface area contributed by atoms with E-state index in [1.807, 2.05) is 31.2 Å². The molecule has 0 aromatic heterocycles. The number of carbonyl (C=O) groups excluding carboxylic acids is 1. The SMILES string of the molecule is CO[C@@](C)(C(=O)Nc1ccc(OCCN2CCC[C@@H](C)C2)cc1)C1CC1. The highest BCUT2D eigenvalue weighted by atomic mass is 16.5. The van der Waals surface area contributed by atoms with Crippen LogP contribution in [0.15, 0.2) is 24.3 Å². The highest BCUT2D eigenvalue weighted by Crippen LogP contribution is 2.42. The fourth-order valence-electron chi connectivity index (χ4n) is 3.75. The van der Waals surface area contributed by atoms with E-state index in [-0.39, 0.29) is 5.91 Å². The van der Waals surface area contributed by atoms with Gasteiger partial charge in [0.15, 0.2) is 0 Å². The standard InChI is InChI=1S/C21H32N2O3/c1-16-5-4-12-23(15-16)13-14-26-19-10-8-18(9-11-19)22-20(24)21(2,25-3)17-6-7-17/h8-11,16-17H,4-7,12-15H2,1-3H3,(H,22,24)/t16-,21-/m1/s1. The van der Waals surface area contributed by atoms with E-state index < -0.39 is 5.60 Å². The van der Waals surface area contributed by atoms with Crippen molar-refractivity contribution < 1.29 is 14.3 Å². The first-order chi connectivity index (χ1) is 12.5. The third kappa shape index (κ3) is 4.77. The number of nitrogens with zero attached hydrogens (tertiary/aromatic N) is 1. The number of benzene rings is 1. The van der Waals surface area contributed by atoms with Crippen LogP contribution in [-0.4, -0.2) is 49.8 Å². The lowest BCUT2D eigenvalue weighted by molar-refractivity contribution is -0.138. The molecule has 1 aliphatic heterocycles. The maximum atomic E-state index is 12.5. The summed E-state index contributed by atoms with van der Waals surface area (Å²) in [4.78, 5) is 15.0. The number of carbonyl (C=O) groups is 1. The van der Waals surface area contributed by atoms with E-state index in [1.165, 1.54) is 25.9 Å². The molecule has 0 spiro atoms. The lowest BCUT2D eigenvalue weighted by Gasteiger charge is -2.30. The Morgan fingerprint density at radius 2 is 2.00 bits per heavy atom. The van der Waals surface area contributed by atoms with Crippen molar-refractivity contribution >= 4 is 11.6 Å². The van der Waals surface area contributed by atoms with Crippen LogP contribution in [0.1, 0.15) is 39.5 Å². The van der Waals surface area contributed by atoms with Crippen molar-refractivity contribution in [2.45, 2.75) is 45.1 Å². The van der Waals surface area contributed by atoms with Crippen LogP contribution in [0.5, 0.6) is 5.75 Å². The Labute approximate surface area is 157 Å². The van der Waals surface area contributed by atoms with E-state index >= 15 is 0 Å². The molecule has 1 saturated heterocycles. The van der Waals surface area contributed by atoms with Crippen LogP contribution in [-0.2, 0) is 9.53 Å². The average Bonchev–Trinajstić information content (AvgIpc) is 3.48. The smallest absolute Gasteiger partial charge is 0.256 e. The van der Waals surface area contributed by atoms with Crippen molar-refractivity contribution in [2.24, 2.45) is 11.8 Å². The molecular weight excluding hydrogens is 328 g/mol. The van der Waals surface area contributed by atoms with Crippen LogP contribution in [0.3, 0.4) is 0 Å². The van der Waals surface area contributed by atoms with Gasteiger partial charge in [0.05, 0.1) is 0 Å². The fraction of sp³-hybridized carbons (Fsp3) is 0.667. The molecule has 0 unspecified atom stereocenters. The van der Waals surface area contributed by atoms with Crippen LogP contribution >= 0.6 is 0 Å². The van der Waals surface area contributed by atoms with E-state index in [2.05, 4.69) is 17.1 Å². The molecule has 2 atom stereocenters. The second kappa shape index (κ2) is 8.40. The summed E-state index contributed by atoms with van der Waals surface area (Å²) in [6, 6.07) is 7.60. The van der Waals surface area contributed by atoms with Gasteiger partial charge in [-0.25, -0.2) is 0 Å². The first kappa shape index (κ1) is 19.2. The van der Waals surface area contributed by atoms with Crippen molar-refractivity contribution in [1.29, 1.82) is 0 Å². The van der Waals surface area contributed by atoms with Gasteiger partial charge in [-0.1, -0.05) is 6.92 Å². The number of rotatable bonds is 8. The zero-order chi connectivity index (χ0) is 18.6. The first-order valence-corrected chi connectivity index (χ1v) is 9.83. The summed E-state index contributed by atoms with van der Waals surface area (Å²) in [6.45, 7) is 8.21. The molecule has 144 valence electrons. The predicted octanol–water partition coefficient (Wildman–Crippen LogP) is 3.55. The monoisotopic (exact) mass is 360 g/mol. The Hall–Kier alpha value is -1.59. The van der Waals surface area contributed by atoms with E-state index in [9.17, 15) is 4.79 Å². The van der Waals surface area contributed by atoms with Gasteiger partial charge in [-0.05, 0) is 75.3 Å². The number of hydrogen-bond donors (Lipinski definition) is 1. The minimum Gasteiger partial charge on any atom is -0.492 e. The Morgan fingerprint density at radius 1 is 1.27 bits per heavy atom. The molecule has 1 heterocycles. The van der Waals surface area contributed by atoms with Crippen molar-refractivity contribution in [3.05, 3.63) is 24.3 Å². The molecule has 1 amide bonds. The molecule has 2 fully saturated rings. The molecule has 2 aliphatic rings. The van der Waals surface area contributed by atoms with Gasteiger partial charge >= 0.3 is 0 Å². The van der Waals surface area contributed by atoms with E-state index in [0.29, 0.717) is 12.5 Å². The Kier molecular flexibility index (Phi) is 6.20. The van der Waals surface area contributed by atoms with Gasteiger partial charge in [0.1, 0.15) is 18.0 Å². The van der Waals surface area contributed by atoms with Gasteiger partial charge in [0, 0.05) is 25.9 Å². The summed E-state index contributed by atoms with van der Waals surface area (Å²) in [5.74, 6) is 1.88. The second-order valence-electron chi connectivity index (χ2n) is 7.96. The average molecular weight is 360 g/mol. The molecule has 3 rings (SSSR count). The zero-order valence-corrected chi connectivity index (χ0v) is 16.3. The molecule has 1 aliphatic carbocycles. The number of hydrogen-bond acceptors (Lipinski definition) is 4. The lowest BCUT2D eigenvalue weighted by Crippen LogP contribution is -2.44. The summed E-state index contributed by atoms with van der Waals surface area (Å²) in [6.07, 6.45) is 4.74. The largest absolute Gasteiger partial charge is 0.492 e. The van der Waals surface area contributed by atoms with Gasteiger partial charge in [-0.15, -0.1) is 0 Å². The summed E-state index contributed by atoms with van der Waals surface area (Å²) in [5, 5.41) is 2.97. The molecule has 5 nitrogen and oxygen atoms in total. The maximum Gasteiger partial charge on any atom is 0.256 e. The molecule has 0 bridgehead atoms. The van der Waals surface area contributed by atoms with Crippen molar-refractivity contribution in [1.82, 2.24) is 4.90 Å². The Balaban J connectivity index is 1.45. The maximum absolute atomic E-state index is 12.5. The van der Waals surface area contributed by atoms with Crippen LogP contribution in [0, 0.1) is 11.8 Å².